The summed E-state index contributed by atoms with van der Waals surface area (Å²) in [5.74, 6) is 3.09. The van der Waals surface area contributed by atoms with Gasteiger partial charge in [0.05, 0.1) is 11.5 Å². The Morgan fingerprint density at radius 3 is 2.93 bits per heavy atom. The molecule has 0 saturated heterocycles. The lowest BCUT2D eigenvalue weighted by atomic mass is 10.1. The fraction of sp³-hybridized carbons (Fsp3) is 0.368. The van der Waals surface area contributed by atoms with E-state index < -0.39 is 4.92 Å². The molecule has 1 N–H and O–H groups in total. The number of hydrogen-bond acceptors (Lipinski definition) is 7. The molecular weight excluding hydrogens is 358 g/mol. The molecule has 0 amide bonds. The summed E-state index contributed by atoms with van der Waals surface area (Å²) < 4.78 is 1.97. The number of nitrogens with one attached hydrogen (secondary N) is 1. The van der Waals surface area contributed by atoms with Gasteiger partial charge in [-0.25, -0.2) is 19.6 Å². The number of aryl methyl sites for hydroxylation is 3. The Balaban J connectivity index is 1.56. The summed E-state index contributed by atoms with van der Waals surface area (Å²) >= 11 is 0. The standard InChI is InChI=1S/C19H21N7O2/c1-3-16-22-18-8-7-14(11-25(18)24-16)21-17-9-12(2)20-19(23-17)13-5-4-6-15(10-13)26(27)28/h4-6,9-10,14H,3,7-8,11H2,1-2H3,(H,20,21,23). The zero-order valence-electron chi connectivity index (χ0n) is 15.8. The number of nitro groups is 1. The number of benzene rings is 1. The number of nitrogens with zero attached hydrogens (tertiary/aromatic N) is 6. The van der Waals surface area contributed by atoms with Crippen LogP contribution in [0.25, 0.3) is 11.4 Å². The predicted molar refractivity (Wildman–Crippen MR) is 104 cm³/mol. The topological polar surface area (TPSA) is 112 Å². The van der Waals surface area contributed by atoms with Crippen molar-refractivity contribution in [1.82, 2.24) is 24.7 Å². The van der Waals surface area contributed by atoms with Crippen LogP contribution in [0.5, 0.6) is 0 Å². The molecule has 0 radical (unpaired) electrons. The van der Waals surface area contributed by atoms with Gasteiger partial charge in [-0.15, -0.1) is 0 Å². The SMILES string of the molecule is CCc1nc2n(n1)CC(Nc1cc(C)nc(-c3cccc([N+](=O)[O-])c3)n1)CC2. The Morgan fingerprint density at radius 1 is 1.29 bits per heavy atom. The highest BCUT2D eigenvalue weighted by atomic mass is 16.6. The maximum Gasteiger partial charge on any atom is 0.270 e. The second-order valence-corrected chi connectivity index (χ2v) is 6.89. The van der Waals surface area contributed by atoms with Crippen molar-refractivity contribution in [3.05, 3.63) is 57.8 Å². The van der Waals surface area contributed by atoms with Crippen LogP contribution in [0.3, 0.4) is 0 Å². The van der Waals surface area contributed by atoms with Gasteiger partial charge in [-0.1, -0.05) is 19.1 Å². The van der Waals surface area contributed by atoms with E-state index in [2.05, 4.69) is 32.3 Å². The highest BCUT2D eigenvalue weighted by Gasteiger charge is 2.22. The van der Waals surface area contributed by atoms with Gasteiger partial charge >= 0.3 is 0 Å². The first-order chi connectivity index (χ1) is 13.5. The van der Waals surface area contributed by atoms with Crippen molar-refractivity contribution in [2.24, 2.45) is 0 Å². The first-order valence-corrected chi connectivity index (χ1v) is 9.31. The monoisotopic (exact) mass is 379 g/mol. The van der Waals surface area contributed by atoms with Crippen molar-refractivity contribution in [3.8, 4) is 11.4 Å². The van der Waals surface area contributed by atoms with Crippen molar-refractivity contribution < 1.29 is 4.92 Å². The van der Waals surface area contributed by atoms with Crippen molar-refractivity contribution in [2.75, 3.05) is 5.32 Å². The summed E-state index contributed by atoms with van der Waals surface area (Å²) in [5.41, 5.74) is 1.44. The largest absolute Gasteiger partial charge is 0.365 e. The Labute approximate surface area is 162 Å². The molecule has 3 heterocycles. The molecule has 1 aliphatic rings. The predicted octanol–water partition coefficient (Wildman–Crippen LogP) is 2.94. The maximum atomic E-state index is 11.0. The zero-order valence-corrected chi connectivity index (χ0v) is 15.8. The molecule has 9 heteroatoms. The van der Waals surface area contributed by atoms with Gasteiger partial charge in [-0.05, 0) is 13.3 Å². The first kappa shape index (κ1) is 18.0. The number of anilines is 1. The van der Waals surface area contributed by atoms with Crippen molar-refractivity contribution in [1.29, 1.82) is 0 Å². The Morgan fingerprint density at radius 2 is 2.14 bits per heavy atom. The number of fused-ring (bicyclic) bond motifs is 1. The van der Waals surface area contributed by atoms with Gasteiger partial charge in [0.15, 0.2) is 11.6 Å². The summed E-state index contributed by atoms with van der Waals surface area (Å²) in [5, 5.41) is 19.0. The summed E-state index contributed by atoms with van der Waals surface area (Å²) in [7, 11) is 0. The molecular formula is C19H21N7O2. The summed E-state index contributed by atoms with van der Waals surface area (Å²) in [4.78, 5) is 24.2. The molecule has 9 nitrogen and oxygen atoms in total. The molecule has 1 atom stereocenters. The normalized spacial score (nSPS) is 15.9. The van der Waals surface area contributed by atoms with Gasteiger partial charge in [-0.2, -0.15) is 5.10 Å². The van der Waals surface area contributed by atoms with E-state index in [1.165, 1.54) is 12.1 Å². The quantitative estimate of drug-likeness (QED) is 0.536. The zero-order chi connectivity index (χ0) is 19.7. The minimum atomic E-state index is -0.416. The Kier molecular flexibility index (Phi) is 4.72. The van der Waals surface area contributed by atoms with Gasteiger partial charge in [0.25, 0.3) is 5.69 Å². The van der Waals surface area contributed by atoms with E-state index in [9.17, 15) is 10.1 Å². The first-order valence-electron chi connectivity index (χ1n) is 9.31. The summed E-state index contributed by atoms with van der Waals surface area (Å²) in [6.07, 6.45) is 2.64. The molecule has 0 bridgehead atoms. The number of hydrogen-bond donors (Lipinski definition) is 1. The van der Waals surface area contributed by atoms with Crippen molar-refractivity contribution >= 4 is 11.5 Å². The molecule has 2 aromatic heterocycles. The third kappa shape index (κ3) is 3.68. The van der Waals surface area contributed by atoms with Gasteiger partial charge in [0.2, 0.25) is 0 Å². The van der Waals surface area contributed by atoms with E-state index in [1.54, 1.807) is 12.1 Å². The second-order valence-electron chi connectivity index (χ2n) is 6.89. The van der Waals surface area contributed by atoms with E-state index in [1.807, 2.05) is 17.7 Å². The fourth-order valence-electron chi connectivity index (χ4n) is 3.37. The minimum Gasteiger partial charge on any atom is -0.365 e. The van der Waals surface area contributed by atoms with Crippen molar-refractivity contribution in [2.45, 2.75) is 45.7 Å². The maximum absolute atomic E-state index is 11.0. The molecule has 0 aliphatic carbocycles. The fourth-order valence-corrected chi connectivity index (χ4v) is 3.37. The van der Waals surface area contributed by atoms with Gasteiger partial charge in [0, 0.05) is 48.3 Å². The molecule has 0 saturated carbocycles. The van der Waals surface area contributed by atoms with Crippen LogP contribution in [0.15, 0.2) is 30.3 Å². The highest BCUT2D eigenvalue weighted by molar-refractivity contribution is 5.61. The average molecular weight is 379 g/mol. The summed E-state index contributed by atoms with van der Waals surface area (Å²) in [6.45, 7) is 4.67. The highest BCUT2D eigenvalue weighted by Crippen LogP contribution is 2.24. The van der Waals surface area contributed by atoms with Gasteiger partial charge < -0.3 is 5.32 Å². The van der Waals surface area contributed by atoms with Crippen LogP contribution < -0.4 is 5.32 Å². The van der Waals surface area contributed by atoms with Crippen LogP contribution in [-0.2, 0) is 19.4 Å². The van der Waals surface area contributed by atoms with E-state index in [4.69, 9.17) is 0 Å². The van der Waals surface area contributed by atoms with Crippen LogP contribution in [0.1, 0.15) is 30.7 Å². The van der Waals surface area contributed by atoms with E-state index >= 15 is 0 Å². The molecule has 0 fully saturated rings. The molecule has 1 aliphatic heterocycles. The third-order valence-corrected chi connectivity index (χ3v) is 4.74. The third-order valence-electron chi connectivity index (χ3n) is 4.74. The van der Waals surface area contributed by atoms with E-state index in [0.717, 1.165) is 43.1 Å². The molecule has 0 spiro atoms. The van der Waals surface area contributed by atoms with Gasteiger partial charge in [-0.3, -0.25) is 10.1 Å². The lowest BCUT2D eigenvalue weighted by Gasteiger charge is -2.24. The number of non-ortho nitro benzene ring substituents is 1. The number of rotatable bonds is 5. The molecule has 144 valence electrons. The van der Waals surface area contributed by atoms with Crippen LogP contribution in [0.2, 0.25) is 0 Å². The van der Waals surface area contributed by atoms with E-state index in [-0.39, 0.29) is 11.7 Å². The van der Waals surface area contributed by atoms with Crippen LogP contribution in [-0.4, -0.2) is 35.7 Å². The van der Waals surface area contributed by atoms with Gasteiger partial charge in [0.1, 0.15) is 11.6 Å². The lowest BCUT2D eigenvalue weighted by Crippen LogP contribution is -2.32. The molecule has 28 heavy (non-hydrogen) atoms. The minimum absolute atomic E-state index is 0.0230. The number of aromatic nitrogens is 5. The van der Waals surface area contributed by atoms with Crippen molar-refractivity contribution in [3.63, 3.8) is 0 Å². The number of nitro benzene ring substituents is 1. The lowest BCUT2D eigenvalue weighted by molar-refractivity contribution is -0.384. The van der Waals surface area contributed by atoms with Crippen LogP contribution in [0, 0.1) is 17.0 Å². The Hall–Kier alpha value is -3.36. The van der Waals surface area contributed by atoms with Crippen LogP contribution >= 0.6 is 0 Å². The van der Waals surface area contributed by atoms with Crippen LogP contribution in [0.4, 0.5) is 11.5 Å². The molecule has 1 aromatic carbocycles. The molecule has 4 rings (SSSR count). The average Bonchev–Trinajstić information content (AvgIpc) is 3.10. The molecule has 3 aromatic rings. The second kappa shape index (κ2) is 7.34. The molecule has 1 unspecified atom stereocenters. The Bertz CT molecular complexity index is 1030. The van der Waals surface area contributed by atoms with E-state index in [0.29, 0.717) is 17.2 Å². The smallest absolute Gasteiger partial charge is 0.270 e. The summed E-state index contributed by atoms with van der Waals surface area (Å²) in [6, 6.07) is 8.44.